The molecule has 1 aliphatic carbocycles. The maximum absolute atomic E-state index is 13.4. The lowest BCUT2D eigenvalue weighted by atomic mass is 9.80. The number of thiazole rings is 1. The number of aromatic nitrogens is 3. The first kappa shape index (κ1) is 30.3. The number of aliphatic carboxylic acids is 2. The van der Waals surface area contributed by atoms with Crippen LogP contribution in [0.5, 0.6) is 11.5 Å². The van der Waals surface area contributed by atoms with Gasteiger partial charge in [0.2, 0.25) is 5.60 Å². The second-order valence-electron chi connectivity index (χ2n) is 10.6. The van der Waals surface area contributed by atoms with E-state index in [1.54, 1.807) is 0 Å². The number of esters is 1. The predicted molar refractivity (Wildman–Crippen MR) is 148 cm³/mol. The Morgan fingerprint density at radius 1 is 1.13 bits per heavy atom. The van der Waals surface area contributed by atoms with Gasteiger partial charge in [-0.2, -0.15) is 5.06 Å². The summed E-state index contributed by atoms with van der Waals surface area (Å²) in [7, 11) is 0. The third kappa shape index (κ3) is 4.72. The van der Waals surface area contributed by atoms with Crippen LogP contribution in [0.1, 0.15) is 37.4 Å². The smallest absolute Gasteiger partial charge is 0.372 e. The standard InChI is InChI=1S/C25H23N7O13S/c26-22-28-12(9-46-22)16(29-45-24(20(38)39)2-1-3-24)17(35)27-11-8-43-32(18(11)36)25(21(40)41)5-13(19(37)44-25)31-6-10-4-14(33)15(34)7-30(10)23(31)42/h4,6-7,9,11,13,33-34H,1-3,5,8H2,(H2,26,28)(H,27,35)(H,38,39)(H,40,41)/b29-16-/t11-,13?,25?/m0/s1. The van der Waals surface area contributed by atoms with Crippen molar-refractivity contribution in [1.29, 1.82) is 0 Å². The van der Waals surface area contributed by atoms with Crippen LogP contribution < -0.4 is 16.7 Å². The van der Waals surface area contributed by atoms with Gasteiger partial charge in [-0.25, -0.2) is 24.2 Å². The summed E-state index contributed by atoms with van der Waals surface area (Å²) >= 11 is 0.945. The summed E-state index contributed by atoms with van der Waals surface area (Å²) in [5.74, 6) is -7.74. The van der Waals surface area contributed by atoms with Crippen LogP contribution in [0.25, 0.3) is 5.52 Å². The summed E-state index contributed by atoms with van der Waals surface area (Å²) < 4.78 is 6.87. The number of ether oxygens (including phenoxy) is 1. The third-order valence-electron chi connectivity index (χ3n) is 7.80. The zero-order valence-electron chi connectivity index (χ0n) is 23.2. The number of fused-ring (bicyclic) bond motifs is 1. The first-order valence-corrected chi connectivity index (χ1v) is 14.2. The van der Waals surface area contributed by atoms with Gasteiger partial charge in [0.25, 0.3) is 11.8 Å². The molecule has 1 saturated carbocycles. The molecule has 2 saturated heterocycles. The van der Waals surface area contributed by atoms with E-state index in [0.717, 1.165) is 38.8 Å². The lowest BCUT2D eigenvalue weighted by Gasteiger charge is -2.34. The molecule has 7 N–H and O–H groups in total. The quantitative estimate of drug-likeness (QED) is 0.0865. The van der Waals surface area contributed by atoms with E-state index in [0.29, 0.717) is 6.42 Å². The fourth-order valence-electron chi connectivity index (χ4n) is 5.15. The number of carbonyl (C=O) groups excluding carboxylic acids is 3. The number of cyclic esters (lactones) is 1. The van der Waals surface area contributed by atoms with Crippen LogP contribution in [-0.2, 0) is 38.4 Å². The topological polar surface area (TPSA) is 287 Å². The molecule has 3 aliphatic rings. The SMILES string of the molecule is Nc1nc(/C(=N/OC2(C(=O)O)CCC2)C(=O)N[C@H]2CON(C3(C(=O)O)CC(n4cc5cc(O)c(O)cn5c4=O)C(=O)O3)C2=O)cs1. The molecule has 2 amide bonds. The van der Waals surface area contributed by atoms with E-state index in [1.807, 2.05) is 0 Å². The molecule has 242 valence electrons. The molecule has 0 spiro atoms. The van der Waals surface area contributed by atoms with Crippen molar-refractivity contribution in [2.24, 2.45) is 5.16 Å². The number of nitrogens with zero attached hydrogens (tertiary/aromatic N) is 5. The average molecular weight is 662 g/mol. The Morgan fingerprint density at radius 2 is 1.87 bits per heavy atom. The lowest BCUT2D eigenvalue weighted by Crippen LogP contribution is -2.57. The number of pyridine rings is 1. The molecule has 3 fully saturated rings. The zero-order valence-corrected chi connectivity index (χ0v) is 24.0. The van der Waals surface area contributed by atoms with Gasteiger partial charge in [0.05, 0.1) is 18.1 Å². The number of nitrogens with two attached hydrogens (primary N) is 1. The highest BCUT2D eigenvalue weighted by atomic mass is 32.1. The van der Waals surface area contributed by atoms with Gasteiger partial charge < -0.3 is 41.1 Å². The predicted octanol–water partition coefficient (Wildman–Crippen LogP) is -1.49. The number of nitrogen functional groups attached to an aromatic ring is 1. The molecule has 21 heteroatoms. The Labute approximate surface area is 258 Å². The number of carboxylic acid groups (broad SMARTS) is 2. The average Bonchev–Trinajstić information content (AvgIpc) is 3.72. The number of hydrogen-bond acceptors (Lipinski definition) is 15. The molecule has 3 atom stereocenters. The number of hydroxylamine groups is 2. The van der Waals surface area contributed by atoms with E-state index in [4.69, 9.17) is 20.1 Å². The van der Waals surface area contributed by atoms with Crippen molar-refractivity contribution in [2.45, 2.75) is 49.1 Å². The second-order valence-corrected chi connectivity index (χ2v) is 11.5. The Bertz CT molecular complexity index is 1910. The van der Waals surface area contributed by atoms with Gasteiger partial charge >= 0.3 is 29.3 Å². The number of aromatic hydroxyl groups is 2. The second kappa shape index (κ2) is 10.7. The van der Waals surface area contributed by atoms with E-state index in [2.05, 4.69) is 15.5 Å². The molecule has 2 unspecified atom stereocenters. The first-order chi connectivity index (χ1) is 21.8. The number of amides is 2. The third-order valence-corrected chi connectivity index (χ3v) is 8.47. The largest absolute Gasteiger partial charge is 0.504 e. The van der Waals surface area contributed by atoms with Gasteiger partial charge in [0, 0.05) is 30.5 Å². The number of oxime groups is 1. The Kier molecular flexibility index (Phi) is 7.07. The number of anilines is 1. The maximum atomic E-state index is 13.4. The summed E-state index contributed by atoms with van der Waals surface area (Å²) in [6.45, 7) is -0.622. The maximum Gasteiger partial charge on any atom is 0.372 e. The summed E-state index contributed by atoms with van der Waals surface area (Å²) in [6, 6.07) is -2.10. The molecule has 3 aromatic heterocycles. The minimum absolute atomic E-state index is 0.0448. The van der Waals surface area contributed by atoms with E-state index < -0.39 is 89.1 Å². The highest BCUT2D eigenvalue weighted by molar-refractivity contribution is 7.13. The minimum Gasteiger partial charge on any atom is -0.504 e. The fraction of sp³-hybridized carbons (Fsp3) is 0.360. The molecule has 2 aliphatic heterocycles. The normalized spacial score (nSPS) is 24.1. The van der Waals surface area contributed by atoms with Crippen molar-refractivity contribution in [2.75, 3.05) is 12.3 Å². The molecule has 46 heavy (non-hydrogen) atoms. The van der Waals surface area contributed by atoms with Gasteiger partial charge in [-0.05, 0) is 6.42 Å². The Balaban J connectivity index is 1.24. The van der Waals surface area contributed by atoms with Crippen LogP contribution in [0.4, 0.5) is 5.13 Å². The van der Waals surface area contributed by atoms with Gasteiger partial charge in [-0.1, -0.05) is 5.16 Å². The van der Waals surface area contributed by atoms with Crippen molar-refractivity contribution in [1.82, 2.24) is 24.3 Å². The van der Waals surface area contributed by atoms with E-state index in [-0.39, 0.29) is 34.2 Å². The van der Waals surface area contributed by atoms with Crippen LogP contribution in [0.15, 0.2) is 33.8 Å². The van der Waals surface area contributed by atoms with Crippen LogP contribution in [0.3, 0.4) is 0 Å². The van der Waals surface area contributed by atoms with Gasteiger partial charge in [0.15, 0.2) is 22.3 Å². The van der Waals surface area contributed by atoms with Crippen molar-refractivity contribution in [3.8, 4) is 11.5 Å². The summed E-state index contributed by atoms with van der Waals surface area (Å²) in [5, 5.41) is 46.9. The number of rotatable bonds is 9. The molecule has 6 rings (SSSR count). The van der Waals surface area contributed by atoms with Gasteiger partial charge in [-0.15, -0.1) is 11.3 Å². The summed E-state index contributed by atoms with van der Waals surface area (Å²) in [4.78, 5) is 91.4. The van der Waals surface area contributed by atoms with Crippen LogP contribution in [-0.4, -0.2) is 98.8 Å². The molecule has 3 aromatic rings. The molecule has 0 radical (unpaired) electrons. The minimum atomic E-state index is -2.77. The number of hydrogen-bond donors (Lipinski definition) is 6. The Morgan fingerprint density at radius 3 is 2.48 bits per heavy atom. The van der Waals surface area contributed by atoms with E-state index in [1.165, 1.54) is 5.38 Å². The molecule has 5 heterocycles. The zero-order chi connectivity index (χ0) is 33.1. The summed E-state index contributed by atoms with van der Waals surface area (Å²) in [5.41, 5.74) is -0.206. The molecular formula is C25H23N7O13S. The van der Waals surface area contributed by atoms with Crippen molar-refractivity contribution in [3.05, 3.63) is 40.0 Å². The van der Waals surface area contributed by atoms with E-state index in [9.17, 15) is 49.2 Å². The highest BCUT2D eigenvalue weighted by Gasteiger charge is 2.63. The van der Waals surface area contributed by atoms with Gasteiger partial charge in [-0.3, -0.25) is 23.4 Å². The van der Waals surface area contributed by atoms with Crippen molar-refractivity contribution in [3.63, 3.8) is 0 Å². The monoisotopic (exact) mass is 661 g/mol. The van der Waals surface area contributed by atoms with Crippen LogP contribution in [0, 0.1) is 0 Å². The molecule has 0 aromatic carbocycles. The fourth-order valence-corrected chi connectivity index (χ4v) is 5.69. The first-order valence-electron chi connectivity index (χ1n) is 13.4. The number of nitrogens with one attached hydrogen (secondary N) is 1. The highest BCUT2D eigenvalue weighted by Crippen LogP contribution is 2.40. The number of carboxylic acids is 2. The Hall–Kier alpha value is -5.70. The lowest BCUT2D eigenvalue weighted by molar-refractivity contribution is -0.256. The van der Waals surface area contributed by atoms with Gasteiger partial charge in [0.1, 0.15) is 24.4 Å². The van der Waals surface area contributed by atoms with Crippen LogP contribution >= 0.6 is 11.3 Å². The summed E-state index contributed by atoms with van der Waals surface area (Å²) in [6.07, 6.45) is 2.03. The van der Waals surface area contributed by atoms with Crippen LogP contribution in [0.2, 0.25) is 0 Å². The molecule has 20 nitrogen and oxygen atoms in total. The molecular weight excluding hydrogens is 638 g/mol. The van der Waals surface area contributed by atoms with Crippen molar-refractivity contribution >= 4 is 57.4 Å². The number of imidazole rings is 1. The number of carbonyl (C=O) groups is 5. The van der Waals surface area contributed by atoms with E-state index >= 15 is 0 Å². The van der Waals surface area contributed by atoms with Crippen molar-refractivity contribution < 1.29 is 58.8 Å². The molecule has 0 bridgehead atoms.